The number of amides is 2. The molecule has 0 saturated carbocycles. The van der Waals surface area contributed by atoms with Crippen LogP contribution in [0.15, 0.2) is 67.0 Å². The average Bonchev–Trinajstić information content (AvgIpc) is 3.48. The highest BCUT2D eigenvalue weighted by Crippen LogP contribution is 2.28. The fourth-order valence-corrected chi connectivity index (χ4v) is 4.51. The van der Waals surface area contributed by atoms with Gasteiger partial charge in [-0.1, -0.05) is 35.9 Å². The predicted molar refractivity (Wildman–Crippen MR) is 142 cm³/mol. The van der Waals surface area contributed by atoms with Gasteiger partial charge in [-0.2, -0.15) is 5.10 Å². The van der Waals surface area contributed by atoms with Gasteiger partial charge < -0.3 is 20.6 Å². The van der Waals surface area contributed by atoms with Crippen molar-refractivity contribution in [1.29, 1.82) is 0 Å². The molecule has 5 rings (SSSR count). The van der Waals surface area contributed by atoms with E-state index in [9.17, 15) is 14.7 Å². The Bertz CT molecular complexity index is 1500. The van der Waals surface area contributed by atoms with Crippen LogP contribution in [0.1, 0.15) is 40.1 Å². The molecule has 4 heterocycles. The Morgan fingerprint density at radius 2 is 1.97 bits per heavy atom. The second-order valence-corrected chi connectivity index (χ2v) is 9.37. The fraction of sp³-hybridized carbons (Fsp3) is 0.250. The number of carbonyl (C=O) groups excluding carboxylic acids is 2. The molecule has 10 heteroatoms. The molecule has 1 aromatic carbocycles. The Morgan fingerprint density at radius 1 is 1.13 bits per heavy atom. The molecule has 3 N–H and O–H groups in total. The topological polar surface area (TPSA) is 125 Å². The van der Waals surface area contributed by atoms with E-state index in [-0.39, 0.29) is 25.0 Å². The third-order valence-corrected chi connectivity index (χ3v) is 6.71. The molecule has 0 bridgehead atoms. The van der Waals surface area contributed by atoms with Crippen molar-refractivity contribution in [3.8, 4) is 11.3 Å². The van der Waals surface area contributed by atoms with Crippen molar-refractivity contribution in [2.45, 2.75) is 32.5 Å². The van der Waals surface area contributed by atoms with E-state index < -0.39 is 12.1 Å². The summed E-state index contributed by atoms with van der Waals surface area (Å²) in [6.07, 6.45) is 3.37. The van der Waals surface area contributed by atoms with Crippen molar-refractivity contribution in [2.24, 2.45) is 7.05 Å². The molecule has 38 heavy (non-hydrogen) atoms. The summed E-state index contributed by atoms with van der Waals surface area (Å²) in [5.74, 6) is 0.772. The number of hydrogen-bond acceptors (Lipinski definition) is 7. The van der Waals surface area contributed by atoms with Crippen LogP contribution in [0, 0.1) is 6.92 Å². The molecule has 0 unspecified atom stereocenters. The number of benzene rings is 1. The van der Waals surface area contributed by atoms with Gasteiger partial charge in [0, 0.05) is 37.0 Å². The molecule has 0 aliphatic carbocycles. The van der Waals surface area contributed by atoms with Gasteiger partial charge in [-0.15, -0.1) is 0 Å². The van der Waals surface area contributed by atoms with Crippen LogP contribution in [-0.4, -0.2) is 54.2 Å². The van der Waals surface area contributed by atoms with E-state index in [0.29, 0.717) is 17.2 Å². The minimum atomic E-state index is -0.741. The molecule has 4 aromatic rings. The molecule has 0 spiro atoms. The fourth-order valence-electron chi connectivity index (χ4n) is 4.51. The molecule has 1 aliphatic rings. The lowest BCUT2D eigenvalue weighted by atomic mass is 10.0. The predicted octanol–water partition coefficient (Wildman–Crippen LogP) is 3.12. The highest BCUT2D eigenvalue weighted by atomic mass is 16.3. The van der Waals surface area contributed by atoms with Gasteiger partial charge in [-0.05, 0) is 37.6 Å². The number of aromatic nitrogens is 4. The normalized spacial score (nSPS) is 14.2. The number of aryl methyl sites for hydroxylation is 2. The first kappa shape index (κ1) is 25.1. The van der Waals surface area contributed by atoms with Crippen molar-refractivity contribution in [3.63, 3.8) is 0 Å². The summed E-state index contributed by atoms with van der Waals surface area (Å²) in [5, 5.41) is 20.1. The minimum Gasteiger partial charge on any atom is -0.394 e. The standard InChI is InChI=1S/C28H29N7O3/c1-17-5-4-6-19(13-17)23(16-36)32-27(37)18(2)35-15-21-7-8-22(31-26(21)28(35)38)20-9-11-29-24(14-20)33-25-10-12-30-34(25)3/h4-14,18,23,36H,15-16H2,1-3H3,(H,29,33)(H,32,37)/t18-,23-/m1/s1. The van der Waals surface area contributed by atoms with Crippen LogP contribution in [0.25, 0.3) is 11.3 Å². The molecule has 2 amide bonds. The van der Waals surface area contributed by atoms with E-state index in [1.165, 1.54) is 4.90 Å². The number of anilines is 2. The molecule has 194 valence electrons. The van der Waals surface area contributed by atoms with Crippen LogP contribution in [0.2, 0.25) is 0 Å². The van der Waals surface area contributed by atoms with E-state index >= 15 is 0 Å². The lowest BCUT2D eigenvalue weighted by Gasteiger charge is -2.26. The maximum atomic E-state index is 13.3. The zero-order chi connectivity index (χ0) is 26.8. The van der Waals surface area contributed by atoms with Crippen LogP contribution >= 0.6 is 0 Å². The van der Waals surface area contributed by atoms with Gasteiger partial charge in [0.25, 0.3) is 5.91 Å². The summed E-state index contributed by atoms with van der Waals surface area (Å²) in [6, 6.07) is 15.6. The Morgan fingerprint density at radius 3 is 2.71 bits per heavy atom. The summed E-state index contributed by atoms with van der Waals surface area (Å²) in [4.78, 5) is 36.9. The maximum absolute atomic E-state index is 13.3. The van der Waals surface area contributed by atoms with Crippen LogP contribution in [0.4, 0.5) is 11.6 Å². The first-order chi connectivity index (χ1) is 18.3. The van der Waals surface area contributed by atoms with Gasteiger partial charge in [-0.25, -0.2) is 9.97 Å². The van der Waals surface area contributed by atoms with Crippen molar-refractivity contribution >= 4 is 23.5 Å². The zero-order valence-corrected chi connectivity index (χ0v) is 21.4. The van der Waals surface area contributed by atoms with E-state index in [0.717, 1.165) is 28.1 Å². The second kappa shape index (κ2) is 10.4. The molecule has 1 aliphatic heterocycles. The zero-order valence-electron chi connectivity index (χ0n) is 21.4. The third-order valence-electron chi connectivity index (χ3n) is 6.71. The smallest absolute Gasteiger partial charge is 0.273 e. The van der Waals surface area contributed by atoms with Gasteiger partial charge in [-0.3, -0.25) is 14.3 Å². The molecule has 0 fully saturated rings. The van der Waals surface area contributed by atoms with Gasteiger partial charge in [0.1, 0.15) is 23.4 Å². The quantitative estimate of drug-likeness (QED) is 0.332. The van der Waals surface area contributed by atoms with Gasteiger partial charge in [0.15, 0.2) is 0 Å². The molecular formula is C28H29N7O3. The van der Waals surface area contributed by atoms with Crippen molar-refractivity contribution in [2.75, 3.05) is 11.9 Å². The number of pyridine rings is 2. The molecule has 2 atom stereocenters. The van der Waals surface area contributed by atoms with Gasteiger partial charge >= 0.3 is 0 Å². The lowest BCUT2D eigenvalue weighted by molar-refractivity contribution is -0.126. The van der Waals surface area contributed by atoms with Crippen molar-refractivity contribution in [1.82, 2.24) is 30.0 Å². The molecule has 10 nitrogen and oxygen atoms in total. The molecule has 0 saturated heterocycles. The monoisotopic (exact) mass is 511 g/mol. The largest absolute Gasteiger partial charge is 0.394 e. The van der Waals surface area contributed by atoms with Crippen molar-refractivity contribution in [3.05, 3.63) is 89.4 Å². The first-order valence-electron chi connectivity index (χ1n) is 12.3. The number of hydrogen-bond donors (Lipinski definition) is 3. The summed E-state index contributed by atoms with van der Waals surface area (Å²) in [6.45, 7) is 3.68. The number of aliphatic hydroxyl groups excluding tert-OH is 1. The van der Waals surface area contributed by atoms with Gasteiger partial charge in [0.2, 0.25) is 5.91 Å². The highest BCUT2D eigenvalue weighted by Gasteiger charge is 2.36. The maximum Gasteiger partial charge on any atom is 0.273 e. The Kier molecular flexibility index (Phi) is 6.89. The number of fused-ring (bicyclic) bond motifs is 1. The molecule has 0 radical (unpaired) electrons. The summed E-state index contributed by atoms with van der Waals surface area (Å²) < 4.78 is 1.70. The highest BCUT2D eigenvalue weighted by molar-refractivity contribution is 6.00. The number of carbonyl (C=O) groups is 2. The van der Waals surface area contributed by atoms with Crippen LogP contribution < -0.4 is 10.6 Å². The first-order valence-corrected chi connectivity index (χ1v) is 12.3. The Balaban J connectivity index is 1.31. The Hall–Kier alpha value is -4.57. The van der Waals surface area contributed by atoms with E-state index in [4.69, 9.17) is 0 Å². The summed E-state index contributed by atoms with van der Waals surface area (Å²) in [7, 11) is 1.83. The number of nitrogens with zero attached hydrogens (tertiary/aromatic N) is 5. The lowest BCUT2D eigenvalue weighted by Crippen LogP contribution is -2.46. The summed E-state index contributed by atoms with van der Waals surface area (Å²) >= 11 is 0. The number of rotatable bonds is 8. The van der Waals surface area contributed by atoms with E-state index in [2.05, 4.69) is 25.7 Å². The van der Waals surface area contributed by atoms with Gasteiger partial charge in [0.05, 0.1) is 24.5 Å². The van der Waals surface area contributed by atoms with Crippen LogP contribution in [0.3, 0.4) is 0 Å². The number of aliphatic hydroxyl groups is 1. The van der Waals surface area contributed by atoms with Crippen LogP contribution in [-0.2, 0) is 18.4 Å². The number of nitrogens with one attached hydrogen (secondary N) is 2. The van der Waals surface area contributed by atoms with E-state index in [1.54, 1.807) is 24.0 Å². The van der Waals surface area contributed by atoms with Crippen molar-refractivity contribution < 1.29 is 14.7 Å². The Labute approximate surface area is 220 Å². The van der Waals surface area contributed by atoms with E-state index in [1.807, 2.05) is 68.6 Å². The summed E-state index contributed by atoms with van der Waals surface area (Å²) in [5.41, 5.74) is 4.37. The SMILES string of the molecule is Cc1cccc([C@@H](CO)NC(=O)[C@@H](C)N2Cc3ccc(-c4ccnc(Nc5ccnn5C)c4)nc3C2=O)c1. The minimum absolute atomic E-state index is 0.246. The second-order valence-electron chi connectivity index (χ2n) is 9.37. The molecule has 3 aromatic heterocycles. The third kappa shape index (κ3) is 4.98. The molecular weight excluding hydrogens is 482 g/mol. The average molecular weight is 512 g/mol. The van der Waals surface area contributed by atoms with Crippen LogP contribution in [0.5, 0.6) is 0 Å².